The minimum absolute atomic E-state index is 0.214. The van der Waals surface area contributed by atoms with Crippen LogP contribution in [-0.2, 0) is 19.5 Å². The molecule has 1 aliphatic carbocycles. The Labute approximate surface area is 176 Å². The van der Waals surface area contributed by atoms with E-state index in [4.69, 9.17) is 0 Å². The van der Waals surface area contributed by atoms with Crippen molar-refractivity contribution in [3.63, 3.8) is 0 Å². The number of aromatic nitrogens is 1. The van der Waals surface area contributed by atoms with Gasteiger partial charge in [-0.2, -0.15) is 0 Å². The van der Waals surface area contributed by atoms with E-state index in [0.717, 1.165) is 30.5 Å². The lowest BCUT2D eigenvalue weighted by molar-refractivity contribution is 0.0694. The zero-order valence-electron chi connectivity index (χ0n) is 17.4. The molecule has 3 aromatic rings. The van der Waals surface area contributed by atoms with Gasteiger partial charge in [-0.1, -0.05) is 42.5 Å². The lowest BCUT2D eigenvalue weighted by atomic mass is 9.87. The van der Waals surface area contributed by atoms with Gasteiger partial charge in [0.15, 0.2) is 0 Å². The summed E-state index contributed by atoms with van der Waals surface area (Å²) in [6, 6.07) is 15.3. The number of carbonyl (C=O) groups is 1. The summed E-state index contributed by atoms with van der Waals surface area (Å²) in [6.45, 7) is 4.51. The molecule has 0 spiro atoms. The van der Waals surface area contributed by atoms with Crippen LogP contribution in [0.1, 0.15) is 62.9 Å². The van der Waals surface area contributed by atoms with Crippen molar-refractivity contribution in [1.82, 2.24) is 9.88 Å². The second-order valence-corrected chi connectivity index (χ2v) is 8.03. The van der Waals surface area contributed by atoms with Crippen molar-refractivity contribution in [2.75, 3.05) is 0 Å². The number of hydrogen-bond donors (Lipinski definition) is 2. The second-order valence-electron chi connectivity index (χ2n) is 8.03. The molecule has 1 heterocycles. The molecule has 4 rings (SSSR count). The van der Waals surface area contributed by atoms with E-state index < -0.39 is 5.97 Å². The predicted molar refractivity (Wildman–Crippen MR) is 115 cm³/mol. The van der Waals surface area contributed by atoms with Crippen LogP contribution in [0.4, 0.5) is 4.39 Å². The molecule has 0 amide bonds. The molecule has 1 aliphatic rings. The first-order valence-corrected chi connectivity index (χ1v) is 10.4. The highest BCUT2D eigenvalue weighted by Gasteiger charge is 2.25. The molecule has 1 unspecified atom stereocenters. The first-order valence-electron chi connectivity index (χ1n) is 10.4. The van der Waals surface area contributed by atoms with Crippen molar-refractivity contribution < 1.29 is 14.3 Å². The Bertz CT molecular complexity index is 1090. The van der Waals surface area contributed by atoms with Gasteiger partial charge in [0.25, 0.3) is 0 Å². The normalized spacial score (nSPS) is 15.8. The minimum Gasteiger partial charge on any atom is -0.478 e. The standard InChI is InChI=1S/C25H27FN2O2/c1-16-21(14-27-23-13-7-10-18-8-3-5-11-20(18)23)24(25(29)30)17(2)28(16)15-19-9-4-6-12-22(19)26/h3-6,8-9,11-12,23,27H,7,10,13-15H2,1-2H3,(H,29,30). The molecule has 0 radical (unpaired) electrons. The van der Waals surface area contributed by atoms with Crippen molar-refractivity contribution in [3.8, 4) is 0 Å². The SMILES string of the molecule is Cc1c(CNC2CCCc3ccccc32)c(C(=O)O)c(C)n1Cc1ccccc1F. The van der Waals surface area contributed by atoms with Crippen molar-refractivity contribution in [1.29, 1.82) is 0 Å². The maximum Gasteiger partial charge on any atom is 0.337 e. The van der Waals surface area contributed by atoms with Crippen molar-refractivity contribution in [2.45, 2.75) is 52.2 Å². The van der Waals surface area contributed by atoms with Crippen LogP contribution in [0.15, 0.2) is 48.5 Å². The number of benzene rings is 2. The molecule has 4 nitrogen and oxygen atoms in total. The van der Waals surface area contributed by atoms with Gasteiger partial charge in [0.2, 0.25) is 0 Å². The van der Waals surface area contributed by atoms with Gasteiger partial charge >= 0.3 is 5.97 Å². The molecule has 1 atom stereocenters. The van der Waals surface area contributed by atoms with Gasteiger partial charge in [-0.15, -0.1) is 0 Å². The summed E-state index contributed by atoms with van der Waals surface area (Å²) in [5, 5.41) is 13.5. The zero-order chi connectivity index (χ0) is 21.3. The van der Waals surface area contributed by atoms with Crippen LogP contribution in [0.5, 0.6) is 0 Å². The van der Waals surface area contributed by atoms with E-state index in [2.05, 4.69) is 29.6 Å². The number of nitrogens with one attached hydrogen (secondary N) is 1. The molecule has 0 aliphatic heterocycles. The van der Waals surface area contributed by atoms with Crippen LogP contribution in [0.2, 0.25) is 0 Å². The Morgan fingerprint density at radius 2 is 1.87 bits per heavy atom. The van der Waals surface area contributed by atoms with Gasteiger partial charge in [-0.3, -0.25) is 0 Å². The molecular formula is C25H27FN2O2. The topological polar surface area (TPSA) is 54.3 Å². The Morgan fingerprint density at radius 1 is 1.13 bits per heavy atom. The zero-order valence-corrected chi connectivity index (χ0v) is 17.4. The maximum atomic E-state index is 14.2. The highest BCUT2D eigenvalue weighted by molar-refractivity contribution is 5.91. The first kappa shape index (κ1) is 20.4. The van der Waals surface area contributed by atoms with Crippen LogP contribution >= 0.6 is 0 Å². The molecule has 0 saturated heterocycles. The lowest BCUT2D eigenvalue weighted by Crippen LogP contribution is -2.25. The van der Waals surface area contributed by atoms with Gasteiger partial charge in [0.05, 0.1) is 12.1 Å². The Kier molecular flexibility index (Phi) is 5.73. The van der Waals surface area contributed by atoms with Crippen molar-refractivity contribution in [3.05, 3.63) is 93.6 Å². The van der Waals surface area contributed by atoms with E-state index in [0.29, 0.717) is 29.9 Å². The summed E-state index contributed by atoms with van der Waals surface area (Å²) in [5.41, 5.74) is 5.84. The second kappa shape index (κ2) is 8.44. The van der Waals surface area contributed by atoms with E-state index in [1.54, 1.807) is 25.1 Å². The van der Waals surface area contributed by atoms with Crippen LogP contribution < -0.4 is 5.32 Å². The molecule has 30 heavy (non-hydrogen) atoms. The Hall–Kier alpha value is -2.92. The molecule has 1 aromatic heterocycles. The fourth-order valence-electron chi connectivity index (χ4n) is 4.67. The van der Waals surface area contributed by atoms with E-state index in [9.17, 15) is 14.3 Å². The van der Waals surface area contributed by atoms with Crippen LogP contribution in [0.3, 0.4) is 0 Å². The van der Waals surface area contributed by atoms with Crippen LogP contribution in [0.25, 0.3) is 0 Å². The minimum atomic E-state index is -0.941. The Morgan fingerprint density at radius 3 is 2.63 bits per heavy atom. The number of nitrogens with zero attached hydrogens (tertiary/aromatic N) is 1. The number of fused-ring (bicyclic) bond motifs is 1. The van der Waals surface area contributed by atoms with E-state index in [1.807, 2.05) is 11.5 Å². The van der Waals surface area contributed by atoms with Crippen LogP contribution in [-0.4, -0.2) is 15.6 Å². The molecule has 0 bridgehead atoms. The predicted octanol–water partition coefficient (Wildman–Crippen LogP) is 5.16. The van der Waals surface area contributed by atoms with Gasteiger partial charge in [-0.05, 0) is 50.3 Å². The molecule has 0 saturated carbocycles. The molecule has 156 valence electrons. The number of carboxylic acid groups (broad SMARTS) is 1. The third-order valence-corrected chi connectivity index (χ3v) is 6.30. The number of rotatable bonds is 6. The fourth-order valence-corrected chi connectivity index (χ4v) is 4.67. The number of hydrogen-bond acceptors (Lipinski definition) is 2. The molecule has 2 aromatic carbocycles. The molecular weight excluding hydrogens is 379 g/mol. The average molecular weight is 407 g/mol. The van der Waals surface area contributed by atoms with E-state index >= 15 is 0 Å². The third kappa shape index (κ3) is 3.77. The number of aromatic carboxylic acids is 1. The van der Waals surface area contributed by atoms with Gasteiger partial charge in [-0.25, -0.2) is 9.18 Å². The maximum absolute atomic E-state index is 14.2. The highest BCUT2D eigenvalue weighted by Crippen LogP contribution is 2.31. The van der Waals surface area contributed by atoms with Crippen molar-refractivity contribution >= 4 is 5.97 Å². The van der Waals surface area contributed by atoms with Crippen molar-refractivity contribution in [2.24, 2.45) is 0 Å². The summed E-state index contributed by atoms with van der Waals surface area (Å²) in [6.07, 6.45) is 3.24. The highest BCUT2D eigenvalue weighted by atomic mass is 19.1. The number of aryl methyl sites for hydroxylation is 1. The summed E-state index contributed by atoms with van der Waals surface area (Å²) >= 11 is 0. The molecule has 5 heteroatoms. The number of halogens is 1. The summed E-state index contributed by atoms with van der Waals surface area (Å²) in [7, 11) is 0. The molecule has 2 N–H and O–H groups in total. The van der Waals surface area contributed by atoms with Gasteiger partial charge < -0.3 is 15.0 Å². The fraction of sp³-hybridized carbons (Fsp3) is 0.320. The first-order chi connectivity index (χ1) is 14.5. The largest absolute Gasteiger partial charge is 0.478 e. The lowest BCUT2D eigenvalue weighted by Gasteiger charge is -2.26. The molecule has 0 fully saturated rings. The summed E-state index contributed by atoms with van der Waals surface area (Å²) in [5.74, 6) is -1.22. The average Bonchev–Trinajstić information content (AvgIpc) is 2.98. The Balaban J connectivity index is 1.64. The number of carboxylic acids is 1. The summed E-state index contributed by atoms with van der Waals surface area (Å²) < 4.78 is 16.1. The van der Waals surface area contributed by atoms with Gasteiger partial charge in [0, 0.05) is 35.1 Å². The smallest absolute Gasteiger partial charge is 0.337 e. The quantitative estimate of drug-likeness (QED) is 0.595. The van der Waals surface area contributed by atoms with E-state index in [1.165, 1.54) is 17.2 Å². The van der Waals surface area contributed by atoms with E-state index in [-0.39, 0.29) is 11.9 Å². The monoisotopic (exact) mass is 406 g/mol. The third-order valence-electron chi connectivity index (χ3n) is 6.30. The van der Waals surface area contributed by atoms with Gasteiger partial charge in [0.1, 0.15) is 5.82 Å². The van der Waals surface area contributed by atoms with Crippen LogP contribution in [0, 0.1) is 19.7 Å². The summed E-state index contributed by atoms with van der Waals surface area (Å²) in [4.78, 5) is 12.1.